The van der Waals surface area contributed by atoms with Crippen LogP contribution in [0.5, 0.6) is 0 Å². The third-order valence-corrected chi connectivity index (χ3v) is 3.35. The molecule has 2 aromatic carbocycles. The van der Waals surface area contributed by atoms with Gasteiger partial charge in [-0.15, -0.1) is 0 Å². The van der Waals surface area contributed by atoms with E-state index < -0.39 is 10.1 Å². The number of fused-ring (bicyclic) bond motifs is 1. The van der Waals surface area contributed by atoms with Gasteiger partial charge in [0.05, 0.1) is 0 Å². The van der Waals surface area contributed by atoms with E-state index in [0.717, 1.165) is 0 Å². The summed E-state index contributed by atoms with van der Waals surface area (Å²) in [5.41, 5.74) is 0.355. The molecule has 0 aliphatic carbocycles. The zero-order valence-electron chi connectivity index (χ0n) is 11.5. The number of anilines is 1. The molecule has 0 unspecified atom stereocenters. The van der Waals surface area contributed by atoms with Crippen molar-refractivity contribution in [3.05, 3.63) is 36.4 Å². The molecule has 2 aromatic rings. The Labute approximate surface area is 118 Å². The third kappa shape index (κ3) is 3.55. The number of benzene rings is 2. The second kappa shape index (κ2) is 6.49. The molecule has 0 saturated heterocycles. The average Bonchev–Trinajstić information content (AvgIpc) is 2.39. The Hall–Kier alpha value is -1.92. The van der Waals surface area contributed by atoms with Crippen LogP contribution in [-0.2, 0) is 14.9 Å². The van der Waals surface area contributed by atoms with E-state index >= 15 is 0 Å². The van der Waals surface area contributed by atoms with Gasteiger partial charge in [-0.1, -0.05) is 38.1 Å². The Morgan fingerprint density at radius 2 is 1.65 bits per heavy atom. The van der Waals surface area contributed by atoms with Crippen LogP contribution in [0.4, 0.5) is 5.69 Å². The van der Waals surface area contributed by atoms with Crippen LogP contribution < -0.4 is 5.32 Å². The van der Waals surface area contributed by atoms with Crippen LogP contribution in [0.2, 0.25) is 0 Å². The van der Waals surface area contributed by atoms with E-state index in [-0.39, 0.29) is 10.8 Å². The highest BCUT2D eigenvalue weighted by molar-refractivity contribution is 7.86. The Morgan fingerprint density at radius 1 is 1.10 bits per heavy atom. The predicted octanol–water partition coefficient (Wildman–Crippen LogP) is 3.07. The van der Waals surface area contributed by atoms with E-state index in [2.05, 4.69) is 5.32 Å². The van der Waals surface area contributed by atoms with Gasteiger partial charge in [0.2, 0.25) is 5.91 Å². The highest BCUT2D eigenvalue weighted by atomic mass is 32.2. The van der Waals surface area contributed by atoms with E-state index in [1.54, 1.807) is 24.3 Å². The lowest BCUT2D eigenvalue weighted by molar-refractivity contribution is -0.114. The minimum Gasteiger partial charge on any atom is -0.326 e. The lowest BCUT2D eigenvalue weighted by atomic mass is 10.1. The fourth-order valence-corrected chi connectivity index (χ4v) is 2.55. The Morgan fingerprint density at radius 3 is 2.15 bits per heavy atom. The monoisotopic (exact) mass is 295 g/mol. The number of hydrogen-bond donors (Lipinski definition) is 2. The van der Waals surface area contributed by atoms with E-state index in [4.69, 9.17) is 0 Å². The van der Waals surface area contributed by atoms with Gasteiger partial charge in [-0.05, 0) is 17.5 Å². The summed E-state index contributed by atoms with van der Waals surface area (Å²) in [4.78, 5) is 10.9. The lowest BCUT2D eigenvalue weighted by Gasteiger charge is -2.10. The lowest BCUT2D eigenvalue weighted by Crippen LogP contribution is -2.08. The number of amides is 1. The van der Waals surface area contributed by atoms with Crippen LogP contribution >= 0.6 is 0 Å². The zero-order chi connectivity index (χ0) is 15.3. The van der Waals surface area contributed by atoms with Gasteiger partial charge in [0.25, 0.3) is 10.1 Å². The van der Waals surface area contributed by atoms with Crippen molar-refractivity contribution >= 4 is 32.5 Å². The van der Waals surface area contributed by atoms with Gasteiger partial charge in [0.1, 0.15) is 4.90 Å². The summed E-state index contributed by atoms with van der Waals surface area (Å²) in [6.45, 7) is 5.33. The quantitative estimate of drug-likeness (QED) is 0.834. The van der Waals surface area contributed by atoms with Gasteiger partial charge in [0, 0.05) is 18.0 Å². The molecule has 2 rings (SSSR count). The van der Waals surface area contributed by atoms with Crippen LogP contribution in [0, 0.1) is 0 Å². The van der Waals surface area contributed by atoms with Crippen molar-refractivity contribution in [1.29, 1.82) is 0 Å². The van der Waals surface area contributed by atoms with E-state index in [0.29, 0.717) is 16.5 Å². The first kappa shape index (κ1) is 16.1. The maximum Gasteiger partial charge on any atom is 0.295 e. The fourth-order valence-electron chi connectivity index (χ4n) is 1.82. The molecule has 0 saturated carbocycles. The maximum atomic E-state index is 11.3. The number of hydrogen-bond acceptors (Lipinski definition) is 3. The number of nitrogens with one attached hydrogen (secondary N) is 1. The molecule has 0 aliphatic rings. The first-order chi connectivity index (χ1) is 9.39. The van der Waals surface area contributed by atoms with Gasteiger partial charge >= 0.3 is 0 Å². The van der Waals surface area contributed by atoms with Crippen molar-refractivity contribution < 1.29 is 17.8 Å². The predicted molar refractivity (Wildman–Crippen MR) is 79.4 cm³/mol. The number of carbonyl (C=O) groups excluding carboxylic acids is 1. The third-order valence-electron chi connectivity index (χ3n) is 2.46. The highest BCUT2D eigenvalue weighted by Gasteiger charge is 2.16. The van der Waals surface area contributed by atoms with E-state index in [1.807, 2.05) is 13.8 Å². The molecule has 0 aliphatic heterocycles. The number of carbonyl (C=O) groups is 1. The molecule has 0 spiro atoms. The summed E-state index contributed by atoms with van der Waals surface area (Å²) in [7, 11) is -4.34. The van der Waals surface area contributed by atoms with Crippen molar-refractivity contribution in [2.75, 3.05) is 5.32 Å². The Balaban J connectivity index is 0.000000956. The zero-order valence-corrected chi connectivity index (χ0v) is 12.4. The summed E-state index contributed by atoms with van der Waals surface area (Å²) in [6.07, 6.45) is 0. The smallest absolute Gasteiger partial charge is 0.295 e. The van der Waals surface area contributed by atoms with Crippen molar-refractivity contribution in [2.45, 2.75) is 25.7 Å². The normalized spacial score (nSPS) is 10.6. The van der Waals surface area contributed by atoms with Crippen LogP contribution in [0.25, 0.3) is 10.8 Å². The first-order valence-electron chi connectivity index (χ1n) is 6.16. The van der Waals surface area contributed by atoms with Crippen LogP contribution in [0.15, 0.2) is 41.3 Å². The van der Waals surface area contributed by atoms with Gasteiger partial charge in [-0.2, -0.15) is 8.42 Å². The molecule has 5 nitrogen and oxygen atoms in total. The van der Waals surface area contributed by atoms with Crippen molar-refractivity contribution in [1.82, 2.24) is 0 Å². The van der Waals surface area contributed by atoms with Gasteiger partial charge in [-0.25, -0.2) is 0 Å². The Bertz CT molecular complexity index is 718. The highest BCUT2D eigenvalue weighted by Crippen LogP contribution is 2.29. The molecule has 0 aromatic heterocycles. The molecular formula is C14H17NO4S. The van der Waals surface area contributed by atoms with Crippen molar-refractivity contribution in [3.63, 3.8) is 0 Å². The first-order valence-corrected chi connectivity index (χ1v) is 7.60. The summed E-state index contributed by atoms with van der Waals surface area (Å²) < 4.78 is 31.9. The summed E-state index contributed by atoms with van der Waals surface area (Å²) >= 11 is 0. The van der Waals surface area contributed by atoms with Gasteiger partial charge in [-0.3, -0.25) is 9.35 Å². The molecule has 2 N–H and O–H groups in total. The fraction of sp³-hybridized carbons (Fsp3) is 0.214. The second-order valence-corrected chi connectivity index (χ2v) is 5.21. The van der Waals surface area contributed by atoms with Crippen LogP contribution in [-0.4, -0.2) is 18.9 Å². The maximum absolute atomic E-state index is 11.3. The summed E-state index contributed by atoms with van der Waals surface area (Å²) in [5, 5.41) is 3.47. The standard InChI is InChI=1S/C12H11NO4S.C2H6/c1-8(14)13-10-6-2-4-9-5-3-7-11(12(9)10)18(15,16)17;1-2/h2-7H,1H3,(H,13,14)(H,15,16,17);1-2H3. The minimum atomic E-state index is -4.34. The molecule has 0 bridgehead atoms. The molecule has 20 heavy (non-hydrogen) atoms. The molecule has 0 heterocycles. The number of rotatable bonds is 2. The second-order valence-electron chi connectivity index (χ2n) is 3.82. The molecule has 0 atom stereocenters. The Kier molecular flexibility index (Phi) is 5.24. The molecule has 1 amide bonds. The van der Waals surface area contributed by atoms with Crippen molar-refractivity contribution in [3.8, 4) is 0 Å². The van der Waals surface area contributed by atoms with E-state index in [9.17, 15) is 17.8 Å². The summed E-state index contributed by atoms with van der Waals surface area (Å²) in [5.74, 6) is -0.312. The SMILES string of the molecule is CC.CC(=O)Nc1cccc2cccc(S(=O)(=O)O)c12. The molecule has 0 radical (unpaired) electrons. The minimum absolute atomic E-state index is 0.218. The van der Waals surface area contributed by atoms with Crippen molar-refractivity contribution in [2.24, 2.45) is 0 Å². The molecule has 6 heteroatoms. The van der Waals surface area contributed by atoms with E-state index in [1.165, 1.54) is 19.1 Å². The van der Waals surface area contributed by atoms with Gasteiger partial charge < -0.3 is 5.32 Å². The average molecular weight is 295 g/mol. The largest absolute Gasteiger partial charge is 0.326 e. The topological polar surface area (TPSA) is 83.5 Å². The van der Waals surface area contributed by atoms with Crippen LogP contribution in [0.3, 0.4) is 0 Å². The molecule has 0 fully saturated rings. The molecule has 108 valence electrons. The van der Waals surface area contributed by atoms with Crippen LogP contribution in [0.1, 0.15) is 20.8 Å². The molecular weight excluding hydrogens is 278 g/mol. The van der Waals surface area contributed by atoms with Gasteiger partial charge in [0.15, 0.2) is 0 Å². The summed E-state index contributed by atoms with van der Waals surface area (Å²) in [6, 6.07) is 9.51.